The van der Waals surface area contributed by atoms with Crippen LogP contribution in [-0.4, -0.2) is 64.3 Å². The number of nitrogen functional groups attached to an aromatic ring is 2. The maximum absolute atomic E-state index is 13.5. The number of hydrogen-bond donors (Lipinski definition) is 6. The molecular formula is C30H39N9O3. The molecule has 2 heterocycles. The first-order chi connectivity index (χ1) is 20.1. The maximum Gasteiger partial charge on any atom is 0.294 e. The van der Waals surface area contributed by atoms with Crippen molar-refractivity contribution in [2.45, 2.75) is 45.8 Å². The number of nitrogens with two attached hydrogens (primary N) is 2. The summed E-state index contributed by atoms with van der Waals surface area (Å²) in [6.45, 7) is 7.11. The van der Waals surface area contributed by atoms with Crippen molar-refractivity contribution in [3.05, 3.63) is 75.7 Å². The van der Waals surface area contributed by atoms with E-state index in [4.69, 9.17) is 16.9 Å². The van der Waals surface area contributed by atoms with Gasteiger partial charge in [0.25, 0.3) is 11.5 Å². The summed E-state index contributed by atoms with van der Waals surface area (Å²) >= 11 is 0. The predicted molar refractivity (Wildman–Crippen MR) is 164 cm³/mol. The van der Waals surface area contributed by atoms with Gasteiger partial charge in [0.05, 0.1) is 11.9 Å². The van der Waals surface area contributed by atoms with Crippen LogP contribution in [-0.2, 0) is 17.9 Å². The van der Waals surface area contributed by atoms with Crippen LogP contribution >= 0.6 is 0 Å². The lowest BCUT2D eigenvalue weighted by atomic mass is 10.1. The lowest BCUT2D eigenvalue weighted by Gasteiger charge is -2.17. The van der Waals surface area contributed by atoms with Gasteiger partial charge in [0.1, 0.15) is 12.4 Å². The molecule has 1 fully saturated rings. The van der Waals surface area contributed by atoms with E-state index in [0.717, 1.165) is 25.2 Å². The summed E-state index contributed by atoms with van der Waals surface area (Å²) in [4.78, 5) is 46.1. The SMILES string of the molecule is CC(C)Nc1ncc(-c2cc(N)cc(C(=O)NCCN3CCCC3)c2)n(CC(=O)NCc2ccc(C(=N)N)cc2)c1=O. The number of anilines is 2. The Morgan fingerprint density at radius 3 is 2.43 bits per heavy atom. The number of nitrogens with zero attached hydrogens (tertiary/aromatic N) is 3. The highest BCUT2D eigenvalue weighted by molar-refractivity contribution is 5.96. The third-order valence-corrected chi connectivity index (χ3v) is 6.96. The largest absolute Gasteiger partial charge is 0.399 e. The number of amides is 2. The van der Waals surface area contributed by atoms with Gasteiger partial charge in [0, 0.05) is 48.1 Å². The fourth-order valence-electron chi connectivity index (χ4n) is 4.82. The van der Waals surface area contributed by atoms with Crippen LogP contribution in [0.1, 0.15) is 48.2 Å². The lowest BCUT2D eigenvalue weighted by molar-refractivity contribution is -0.121. The number of carbonyl (C=O) groups is 2. The minimum atomic E-state index is -0.471. The quantitative estimate of drug-likeness (QED) is 0.107. The summed E-state index contributed by atoms with van der Waals surface area (Å²) in [5, 5.41) is 16.3. The Labute approximate surface area is 245 Å². The molecule has 2 amide bonds. The molecule has 0 aliphatic carbocycles. The molecule has 0 unspecified atom stereocenters. The fourth-order valence-corrected chi connectivity index (χ4v) is 4.82. The van der Waals surface area contributed by atoms with Gasteiger partial charge in [0.2, 0.25) is 5.91 Å². The highest BCUT2D eigenvalue weighted by Gasteiger charge is 2.18. The van der Waals surface area contributed by atoms with Crippen LogP contribution < -0.4 is 33.0 Å². The van der Waals surface area contributed by atoms with Gasteiger partial charge in [0.15, 0.2) is 5.82 Å². The smallest absolute Gasteiger partial charge is 0.294 e. The summed E-state index contributed by atoms with van der Waals surface area (Å²) in [6, 6.07) is 11.8. The third kappa shape index (κ3) is 7.94. The molecule has 4 rings (SSSR count). The first-order valence-electron chi connectivity index (χ1n) is 14.1. The number of amidine groups is 1. The first kappa shape index (κ1) is 30.3. The van der Waals surface area contributed by atoms with E-state index in [1.54, 1.807) is 42.5 Å². The van der Waals surface area contributed by atoms with E-state index in [2.05, 4.69) is 25.8 Å². The minimum absolute atomic E-state index is 0.0368. The van der Waals surface area contributed by atoms with E-state index >= 15 is 0 Å². The Kier molecular flexibility index (Phi) is 9.92. The minimum Gasteiger partial charge on any atom is -0.399 e. The molecule has 1 aliphatic rings. The normalized spacial score (nSPS) is 13.2. The van der Waals surface area contributed by atoms with E-state index in [9.17, 15) is 14.4 Å². The summed E-state index contributed by atoms with van der Waals surface area (Å²) in [7, 11) is 0. The fraction of sp³-hybridized carbons (Fsp3) is 0.367. The standard InChI is InChI=1S/C30H39N9O3/c1-19(2)37-28-30(42)39(18-26(40)35-16-20-5-7-21(8-6-20)27(32)33)25(17-36-28)22-13-23(15-24(31)14-22)29(41)34-9-12-38-10-3-4-11-38/h5-8,13-15,17,19H,3-4,9-12,16,18,31H2,1-2H3,(H3,32,33)(H,34,41)(H,35,40)(H,36,37). The van der Waals surface area contributed by atoms with Crippen LogP contribution in [0.25, 0.3) is 11.3 Å². The average Bonchev–Trinajstić information content (AvgIpc) is 3.47. The number of carbonyl (C=O) groups excluding carboxylic acids is 2. The number of likely N-dealkylation sites (tertiary alicyclic amines) is 1. The molecule has 1 saturated heterocycles. The zero-order valence-electron chi connectivity index (χ0n) is 24.1. The Morgan fingerprint density at radius 1 is 1.05 bits per heavy atom. The van der Waals surface area contributed by atoms with Crippen molar-refractivity contribution in [2.75, 3.05) is 37.2 Å². The average molecular weight is 574 g/mol. The number of hydrogen-bond acceptors (Lipinski definition) is 8. The van der Waals surface area contributed by atoms with Gasteiger partial charge in [-0.25, -0.2) is 4.98 Å². The summed E-state index contributed by atoms with van der Waals surface area (Å²) in [6.07, 6.45) is 3.86. The number of aromatic nitrogens is 2. The summed E-state index contributed by atoms with van der Waals surface area (Å²) in [5.74, 6) is -0.578. The van der Waals surface area contributed by atoms with E-state index in [-0.39, 0.29) is 42.6 Å². The molecule has 222 valence electrons. The highest BCUT2D eigenvalue weighted by atomic mass is 16.2. The molecule has 1 aromatic heterocycles. The molecular weight excluding hydrogens is 534 g/mol. The van der Waals surface area contributed by atoms with Gasteiger partial charge in [-0.3, -0.25) is 24.4 Å². The lowest BCUT2D eigenvalue weighted by Crippen LogP contribution is -2.35. The van der Waals surface area contributed by atoms with Crippen LogP contribution in [0.15, 0.2) is 53.5 Å². The number of nitrogens with one attached hydrogen (secondary N) is 4. The van der Waals surface area contributed by atoms with Gasteiger partial charge in [-0.2, -0.15) is 0 Å². The molecule has 0 spiro atoms. The van der Waals surface area contributed by atoms with Gasteiger partial charge in [-0.05, 0) is 63.5 Å². The zero-order valence-corrected chi connectivity index (χ0v) is 24.1. The summed E-state index contributed by atoms with van der Waals surface area (Å²) < 4.78 is 1.33. The van der Waals surface area contributed by atoms with Crippen LogP contribution in [0.5, 0.6) is 0 Å². The van der Waals surface area contributed by atoms with E-state index in [1.807, 2.05) is 13.8 Å². The Morgan fingerprint density at radius 2 is 1.76 bits per heavy atom. The first-order valence-corrected chi connectivity index (χ1v) is 14.1. The van der Waals surface area contributed by atoms with Gasteiger partial charge in [-0.15, -0.1) is 0 Å². The molecule has 2 aromatic carbocycles. The second-order valence-corrected chi connectivity index (χ2v) is 10.7. The maximum atomic E-state index is 13.5. The molecule has 0 radical (unpaired) electrons. The van der Waals surface area contributed by atoms with Gasteiger partial charge in [-0.1, -0.05) is 24.3 Å². The molecule has 42 heavy (non-hydrogen) atoms. The summed E-state index contributed by atoms with van der Waals surface area (Å²) in [5.41, 5.74) is 14.2. The van der Waals surface area contributed by atoms with Gasteiger partial charge < -0.3 is 32.3 Å². The third-order valence-electron chi connectivity index (χ3n) is 6.96. The predicted octanol–water partition coefficient (Wildman–Crippen LogP) is 1.74. The monoisotopic (exact) mass is 573 g/mol. The topological polar surface area (TPSA) is 184 Å². The molecule has 0 atom stereocenters. The Balaban J connectivity index is 1.56. The van der Waals surface area contributed by atoms with Crippen molar-refractivity contribution in [1.82, 2.24) is 25.1 Å². The second-order valence-electron chi connectivity index (χ2n) is 10.7. The highest BCUT2D eigenvalue weighted by Crippen LogP contribution is 2.23. The van der Waals surface area contributed by atoms with Crippen molar-refractivity contribution in [1.29, 1.82) is 5.41 Å². The van der Waals surface area contributed by atoms with E-state index < -0.39 is 5.56 Å². The second kappa shape index (κ2) is 13.8. The van der Waals surface area contributed by atoms with E-state index in [0.29, 0.717) is 34.6 Å². The Bertz CT molecular complexity index is 1490. The van der Waals surface area contributed by atoms with Crippen LogP contribution in [0.3, 0.4) is 0 Å². The Hall–Kier alpha value is -4.71. The molecule has 0 bridgehead atoms. The molecule has 1 aliphatic heterocycles. The van der Waals surface area contributed by atoms with Crippen molar-refractivity contribution in [2.24, 2.45) is 5.73 Å². The van der Waals surface area contributed by atoms with E-state index in [1.165, 1.54) is 23.6 Å². The zero-order chi connectivity index (χ0) is 30.2. The van der Waals surface area contributed by atoms with Crippen molar-refractivity contribution in [3.63, 3.8) is 0 Å². The van der Waals surface area contributed by atoms with Crippen LogP contribution in [0.4, 0.5) is 11.5 Å². The van der Waals surface area contributed by atoms with Gasteiger partial charge >= 0.3 is 0 Å². The van der Waals surface area contributed by atoms with Crippen LogP contribution in [0, 0.1) is 5.41 Å². The van der Waals surface area contributed by atoms with Crippen molar-refractivity contribution < 1.29 is 9.59 Å². The molecule has 0 saturated carbocycles. The van der Waals surface area contributed by atoms with Crippen LogP contribution in [0.2, 0.25) is 0 Å². The number of rotatable bonds is 12. The molecule has 8 N–H and O–H groups in total. The number of benzene rings is 2. The molecule has 12 nitrogen and oxygen atoms in total. The molecule has 3 aromatic rings. The molecule has 12 heteroatoms. The van der Waals surface area contributed by atoms with Crippen molar-refractivity contribution >= 4 is 29.2 Å². The van der Waals surface area contributed by atoms with Crippen molar-refractivity contribution in [3.8, 4) is 11.3 Å².